The molecular formula is C22H26N4O2. The van der Waals surface area contributed by atoms with Crippen molar-refractivity contribution in [2.75, 3.05) is 37.3 Å². The van der Waals surface area contributed by atoms with Crippen molar-refractivity contribution >= 4 is 23.3 Å². The van der Waals surface area contributed by atoms with Crippen molar-refractivity contribution in [3.8, 4) is 11.1 Å². The first-order chi connectivity index (χ1) is 13.6. The second kappa shape index (κ2) is 8.02. The summed E-state index contributed by atoms with van der Waals surface area (Å²) < 4.78 is 0. The number of hydrogen-bond donors (Lipinski definition) is 3. The van der Waals surface area contributed by atoms with E-state index in [2.05, 4.69) is 20.9 Å². The van der Waals surface area contributed by atoms with Crippen LogP contribution in [0, 0.1) is 11.8 Å². The Morgan fingerprint density at radius 1 is 0.857 bits per heavy atom. The van der Waals surface area contributed by atoms with Crippen molar-refractivity contribution in [2.24, 2.45) is 11.8 Å². The molecule has 3 amide bonds. The van der Waals surface area contributed by atoms with Gasteiger partial charge < -0.3 is 20.9 Å². The smallest absolute Gasteiger partial charge is 0.318 e. The summed E-state index contributed by atoms with van der Waals surface area (Å²) in [5, 5.41) is 8.36. The molecule has 2 aromatic rings. The number of nitrogens with one attached hydrogen (secondary N) is 3. The topological polar surface area (TPSA) is 73.5 Å². The number of urea groups is 1. The third-order valence-corrected chi connectivity index (χ3v) is 5.85. The Hall–Kier alpha value is -2.86. The number of amides is 3. The van der Waals surface area contributed by atoms with Crippen LogP contribution in [0.25, 0.3) is 11.1 Å². The van der Waals surface area contributed by atoms with Gasteiger partial charge in [-0.05, 0) is 67.2 Å². The summed E-state index contributed by atoms with van der Waals surface area (Å²) in [6.45, 7) is 3.17. The normalized spacial score (nSPS) is 23.1. The SMILES string of the molecule is CNC(=O)Nc1ccc(-c2ccc(NC(=O)[C@H]3CN4CCC3CC4)cc2)cc1. The fourth-order valence-corrected chi connectivity index (χ4v) is 4.18. The molecule has 28 heavy (non-hydrogen) atoms. The molecule has 6 nitrogen and oxygen atoms in total. The summed E-state index contributed by atoms with van der Waals surface area (Å²) in [4.78, 5) is 26.4. The maximum absolute atomic E-state index is 12.7. The van der Waals surface area contributed by atoms with Gasteiger partial charge >= 0.3 is 6.03 Å². The molecule has 3 aliphatic rings. The molecule has 146 valence electrons. The molecular weight excluding hydrogens is 352 g/mol. The van der Waals surface area contributed by atoms with Crippen LogP contribution in [0.1, 0.15) is 12.8 Å². The highest BCUT2D eigenvalue weighted by Gasteiger charge is 2.38. The number of anilines is 2. The minimum Gasteiger partial charge on any atom is -0.341 e. The van der Waals surface area contributed by atoms with Crippen LogP contribution in [0.15, 0.2) is 48.5 Å². The minimum absolute atomic E-state index is 0.113. The zero-order valence-electron chi connectivity index (χ0n) is 16.1. The molecule has 3 aliphatic heterocycles. The average Bonchev–Trinajstić information content (AvgIpc) is 2.75. The molecule has 1 atom stereocenters. The van der Waals surface area contributed by atoms with E-state index in [1.165, 1.54) is 0 Å². The van der Waals surface area contributed by atoms with Crippen molar-refractivity contribution in [2.45, 2.75) is 12.8 Å². The van der Waals surface area contributed by atoms with Crippen LogP contribution >= 0.6 is 0 Å². The van der Waals surface area contributed by atoms with E-state index < -0.39 is 0 Å². The Labute approximate surface area is 165 Å². The molecule has 0 aromatic heterocycles. The molecule has 3 N–H and O–H groups in total. The molecule has 5 rings (SSSR count). The molecule has 3 saturated heterocycles. The van der Waals surface area contributed by atoms with Crippen molar-refractivity contribution in [1.29, 1.82) is 0 Å². The summed E-state index contributed by atoms with van der Waals surface area (Å²) in [5.74, 6) is 0.792. The van der Waals surface area contributed by atoms with Crippen LogP contribution < -0.4 is 16.0 Å². The van der Waals surface area contributed by atoms with Crippen LogP contribution in [0.5, 0.6) is 0 Å². The molecule has 0 radical (unpaired) electrons. The summed E-state index contributed by atoms with van der Waals surface area (Å²) >= 11 is 0. The number of carbonyl (C=O) groups is 2. The summed E-state index contributed by atoms with van der Waals surface area (Å²) in [7, 11) is 1.58. The lowest BCUT2D eigenvalue weighted by molar-refractivity contribution is -0.125. The number of piperidine rings is 3. The molecule has 3 fully saturated rings. The second-order valence-corrected chi connectivity index (χ2v) is 7.59. The van der Waals surface area contributed by atoms with Gasteiger partial charge in [-0.2, -0.15) is 0 Å². The van der Waals surface area contributed by atoms with Gasteiger partial charge in [-0.15, -0.1) is 0 Å². The fourth-order valence-electron chi connectivity index (χ4n) is 4.18. The average molecular weight is 378 g/mol. The molecule has 0 spiro atoms. The van der Waals surface area contributed by atoms with Crippen molar-refractivity contribution in [3.63, 3.8) is 0 Å². The number of carbonyl (C=O) groups excluding carboxylic acids is 2. The van der Waals surface area contributed by atoms with Gasteiger partial charge in [0.2, 0.25) is 5.91 Å². The van der Waals surface area contributed by atoms with E-state index in [-0.39, 0.29) is 17.9 Å². The maximum Gasteiger partial charge on any atom is 0.318 e. The van der Waals surface area contributed by atoms with Crippen molar-refractivity contribution in [1.82, 2.24) is 10.2 Å². The van der Waals surface area contributed by atoms with Gasteiger partial charge in [0.15, 0.2) is 0 Å². The van der Waals surface area contributed by atoms with Crippen LogP contribution in [0.4, 0.5) is 16.2 Å². The number of fused-ring (bicyclic) bond motifs is 3. The van der Waals surface area contributed by atoms with Gasteiger partial charge in [0.1, 0.15) is 0 Å². The number of hydrogen-bond acceptors (Lipinski definition) is 3. The molecule has 0 aliphatic carbocycles. The zero-order chi connectivity index (χ0) is 19.5. The Morgan fingerprint density at radius 3 is 1.86 bits per heavy atom. The van der Waals surface area contributed by atoms with E-state index in [0.717, 1.165) is 55.0 Å². The Kier molecular flexibility index (Phi) is 5.30. The highest BCUT2D eigenvalue weighted by atomic mass is 16.2. The van der Waals surface area contributed by atoms with Gasteiger partial charge in [0.25, 0.3) is 0 Å². The maximum atomic E-state index is 12.7. The van der Waals surface area contributed by atoms with Gasteiger partial charge in [-0.3, -0.25) is 4.79 Å². The second-order valence-electron chi connectivity index (χ2n) is 7.59. The quantitative estimate of drug-likeness (QED) is 0.764. The summed E-state index contributed by atoms with van der Waals surface area (Å²) in [6.07, 6.45) is 2.28. The molecule has 0 saturated carbocycles. The third kappa shape index (κ3) is 4.02. The van der Waals surface area contributed by atoms with Crippen LogP contribution in [0.2, 0.25) is 0 Å². The predicted octanol–water partition coefficient (Wildman–Crippen LogP) is 3.39. The number of nitrogens with zero attached hydrogens (tertiary/aromatic N) is 1. The van der Waals surface area contributed by atoms with E-state index in [1.54, 1.807) is 7.05 Å². The van der Waals surface area contributed by atoms with Crippen LogP contribution in [0.3, 0.4) is 0 Å². The van der Waals surface area contributed by atoms with E-state index in [9.17, 15) is 9.59 Å². The van der Waals surface area contributed by atoms with Gasteiger partial charge in [-0.25, -0.2) is 4.79 Å². The molecule has 3 heterocycles. The fraction of sp³-hybridized carbons (Fsp3) is 0.364. The van der Waals surface area contributed by atoms with Gasteiger partial charge in [-0.1, -0.05) is 24.3 Å². The van der Waals surface area contributed by atoms with E-state index in [4.69, 9.17) is 0 Å². The highest BCUT2D eigenvalue weighted by molar-refractivity contribution is 5.93. The van der Waals surface area contributed by atoms with Crippen molar-refractivity contribution in [3.05, 3.63) is 48.5 Å². The Balaban J connectivity index is 1.38. The van der Waals surface area contributed by atoms with Gasteiger partial charge in [0, 0.05) is 25.0 Å². The van der Waals surface area contributed by atoms with E-state index in [1.807, 2.05) is 48.5 Å². The molecule has 0 unspecified atom stereocenters. The first kappa shape index (κ1) is 18.5. The first-order valence-electron chi connectivity index (χ1n) is 9.85. The van der Waals surface area contributed by atoms with Crippen LogP contribution in [-0.4, -0.2) is 43.5 Å². The van der Waals surface area contributed by atoms with Crippen molar-refractivity contribution < 1.29 is 9.59 Å². The monoisotopic (exact) mass is 378 g/mol. The predicted molar refractivity (Wildman–Crippen MR) is 111 cm³/mol. The lowest BCUT2D eigenvalue weighted by Crippen LogP contribution is -2.51. The molecule has 6 heteroatoms. The first-order valence-corrected chi connectivity index (χ1v) is 9.85. The third-order valence-electron chi connectivity index (χ3n) is 5.85. The lowest BCUT2D eigenvalue weighted by atomic mass is 9.78. The lowest BCUT2D eigenvalue weighted by Gasteiger charge is -2.43. The summed E-state index contributed by atoms with van der Waals surface area (Å²) in [6, 6.07) is 15.3. The number of benzene rings is 2. The Morgan fingerprint density at radius 2 is 1.39 bits per heavy atom. The zero-order valence-corrected chi connectivity index (χ0v) is 16.1. The van der Waals surface area contributed by atoms with Gasteiger partial charge in [0.05, 0.1) is 5.92 Å². The number of rotatable bonds is 4. The standard InChI is InChI=1S/C22H26N4O2/c1-23-22(28)25-19-8-4-16(5-9-19)15-2-6-18(7-3-15)24-21(27)20-14-26-12-10-17(20)11-13-26/h2-9,17,20H,10-14H2,1H3,(H,24,27)(H2,23,25,28)/t20-/m0/s1. The highest BCUT2D eigenvalue weighted by Crippen LogP contribution is 2.33. The molecule has 2 aromatic carbocycles. The molecule has 2 bridgehead atoms. The van der Waals surface area contributed by atoms with Crippen LogP contribution in [-0.2, 0) is 4.79 Å². The largest absolute Gasteiger partial charge is 0.341 e. The van der Waals surface area contributed by atoms with E-state index in [0.29, 0.717) is 5.92 Å². The Bertz CT molecular complexity index is 840. The van der Waals surface area contributed by atoms with E-state index >= 15 is 0 Å². The minimum atomic E-state index is -0.240. The summed E-state index contributed by atoms with van der Waals surface area (Å²) in [5.41, 5.74) is 3.69.